The first-order valence-electron chi connectivity index (χ1n) is 6.29. The van der Waals surface area contributed by atoms with Crippen LogP contribution in [0.1, 0.15) is 36.8 Å². The molecule has 0 saturated heterocycles. The van der Waals surface area contributed by atoms with Crippen LogP contribution in [0.4, 0.5) is 0 Å². The van der Waals surface area contributed by atoms with E-state index in [1.807, 2.05) is 24.3 Å². The Morgan fingerprint density at radius 3 is 2.14 bits per heavy atom. The van der Waals surface area contributed by atoms with Gasteiger partial charge in [-0.3, -0.25) is 0 Å². The van der Waals surface area contributed by atoms with Gasteiger partial charge in [-0.1, -0.05) is 30.3 Å². The molecule has 1 aromatic carbocycles. The van der Waals surface area contributed by atoms with Crippen LogP contribution in [0.15, 0.2) is 36.9 Å². The summed E-state index contributed by atoms with van der Waals surface area (Å²) in [6.45, 7) is 17.2. The standard InChI is InChI=1S/C14H18O.3CO.Cr/c1-2-3-4-7-10-14(15)11-12-8-5-6-9-13(12)14;3*1-2;/h2,5-6,8-9,15H,1,3-4,7,10-11H2;;;;. The summed E-state index contributed by atoms with van der Waals surface area (Å²) in [5.41, 5.74) is 1.92. The fraction of sp³-hybridized carbons (Fsp3) is 0.353. The average molecular weight is 338 g/mol. The van der Waals surface area contributed by atoms with Gasteiger partial charge in [0.05, 0.1) is 5.60 Å². The van der Waals surface area contributed by atoms with Gasteiger partial charge >= 0.3 is 33.9 Å². The van der Waals surface area contributed by atoms with Crippen molar-refractivity contribution in [2.75, 3.05) is 0 Å². The van der Waals surface area contributed by atoms with E-state index in [1.54, 1.807) is 0 Å². The molecule has 5 heteroatoms. The van der Waals surface area contributed by atoms with E-state index in [9.17, 15) is 5.11 Å². The van der Waals surface area contributed by atoms with Crippen LogP contribution in [0.5, 0.6) is 0 Å². The molecule has 2 rings (SSSR count). The fourth-order valence-electron chi connectivity index (χ4n) is 2.36. The SMILES string of the molecule is C=CCCCCC1(O)Cc2ccccc21.[C-]#[O+].[C-]#[O+].[C-]#[O+].[Cr]. The summed E-state index contributed by atoms with van der Waals surface area (Å²) in [6.07, 6.45) is 6.93. The summed E-state index contributed by atoms with van der Waals surface area (Å²) in [4.78, 5) is 0. The van der Waals surface area contributed by atoms with Crippen molar-refractivity contribution in [1.29, 1.82) is 0 Å². The monoisotopic (exact) mass is 338 g/mol. The Morgan fingerprint density at radius 2 is 1.64 bits per heavy atom. The predicted octanol–water partition coefficient (Wildman–Crippen LogP) is 3.06. The van der Waals surface area contributed by atoms with Gasteiger partial charge in [0, 0.05) is 23.8 Å². The molecule has 0 radical (unpaired) electrons. The van der Waals surface area contributed by atoms with Gasteiger partial charge in [0.1, 0.15) is 0 Å². The minimum atomic E-state index is -0.530. The van der Waals surface area contributed by atoms with Gasteiger partial charge in [-0.2, -0.15) is 0 Å². The molecule has 0 bridgehead atoms. The zero-order chi connectivity index (χ0) is 16.7. The molecule has 1 atom stereocenters. The van der Waals surface area contributed by atoms with Gasteiger partial charge in [-0.05, 0) is 36.8 Å². The quantitative estimate of drug-likeness (QED) is 0.381. The van der Waals surface area contributed by atoms with E-state index in [1.165, 1.54) is 5.56 Å². The second-order valence-electron chi connectivity index (χ2n) is 4.40. The topological polar surface area (TPSA) is 79.9 Å². The van der Waals surface area contributed by atoms with Crippen LogP contribution in [-0.4, -0.2) is 5.11 Å². The third-order valence-electron chi connectivity index (χ3n) is 3.25. The molecule has 0 fully saturated rings. The van der Waals surface area contributed by atoms with E-state index >= 15 is 0 Å². The molecule has 0 spiro atoms. The number of aliphatic hydroxyl groups is 1. The molecule has 1 unspecified atom stereocenters. The van der Waals surface area contributed by atoms with Crippen molar-refractivity contribution in [2.45, 2.75) is 37.7 Å². The fourth-order valence-corrected chi connectivity index (χ4v) is 2.36. The minimum absolute atomic E-state index is 0. The van der Waals surface area contributed by atoms with Crippen LogP contribution in [0.3, 0.4) is 0 Å². The largest absolute Gasteiger partial charge is 0 e. The van der Waals surface area contributed by atoms with E-state index < -0.39 is 5.60 Å². The van der Waals surface area contributed by atoms with E-state index in [4.69, 9.17) is 14.0 Å². The zero-order valence-electron chi connectivity index (χ0n) is 12.2. The van der Waals surface area contributed by atoms with Crippen molar-refractivity contribution >= 4 is 0 Å². The van der Waals surface area contributed by atoms with Gasteiger partial charge in [0.25, 0.3) is 0 Å². The van der Waals surface area contributed by atoms with Gasteiger partial charge in [0.2, 0.25) is 0 Å². The number of rotatable bonds is 5. The molecule has 0 saturated carbocycles. The summed E-state index contributed by atoms with van der Waals surface area (Å²) in [5.74, 6) is 0. The van der Waals surface area contributed by atoms with Crippen LogP contribution in [-0.2, 0) is 43.3 Å². The first-order chi connectivity index (χ1) is 10.3. The summed E-state index contributed by atoms with van der Waals surface area (Å²) in [7, 11) is 0. The molecule has 4 nitrogen and oxygen atoms in total. The van der Waals surface area contributed by atoms with Crippen LogP contribution < -0.4 is 0 Å². The van der Waals surface area contributed by atoms with E-state index in [0.717, 1.165) is 37.7 Å². The molecule has 116 valence electrons. The number of allylic oxidation sites excluding steroid dienone is 1. The van der Waals surface area contributed by atoms with Crippen LogP contribution in [0, 0.1) is 20.0 Å². The predicted molar refractivity (Wildman–Crippen MR) is 74.5 cm³/mol. The number of hydrogen-bond donors (Lipinski definition) is 1. The molecule has 0 heterocycles. The van der Waals surface area contributed by atoms with Crippen molar-refractivity contribution in [3.8, 4) is 0 Å². The normalized spacial score (nSPS) is 16.0. The minimum Gasteiger partial charge on any atom is 0 e. The molecule has 0 aromatic heterocycles. The summed E-state index contributed by atoms with van der Waals surface area (Å²) in [5, 5.41) is 10.3. The van der Waals surface area contributed by atoms with Gasteiger partial charge in [0.15, 0.2) is 0 Å². The molecular weight excluding hydrogens is 320 g/mol. The maximum Gasteiger partial charge on any atom is 0 e. The molecule has 0 amide bonds. The van der Waals surface area contributed by atoms with Crippen molar-refractivity contribution in [2.24, 2.45) is 0 Å². The van der Waals surface area contributed by atoms with Crippen LogP contribution in [0.2, 0.25) is 0 Å². The number of benzene rings is 1. The van der Waals surface area contributed by atoms with Crippen molar-refractivity contribution < 1.29 is 36.4 Å². The summed E-state index contributed by atoms with van der Waals surface area (Å²) in [6, 6.07) is 8.20. The van der Waals surface area contributed by atoms with Crippen molar-refractivity contribution in [3.05, 3.63) is 68.0 Å². The van der Waals surface area contributed by atoms with Crippen LogP contribution >= 0.6 is 0 Å². The van der Waals surface area contributed by atoms with E-state index in [-0.39, 0.29) is 17.4 Å². The third kappa shape index (κ3) is 7.62. The maximum absolute atomic E-state index is 10.3. The van der Waals surface area contributed by atoms with E-state index in [0.29, 0.717) is 0 Å². The Labute approximate surface area is 142 Å². The molecule has 1 aliphatic rings. The Morgan fingerprint density at radius 1 is 1.09 bits per heavy atom. The smallest absolute Gasteiger partial charge is 0 e. The Balaban J connectivity index is -0.000000463. The second-order valence-corrected chi connectivity index (χ2v) is 4.40. The van der Waals surface area contributed by atoms with Gasteiger partial charge < -0.3 is 5.11 Å². The van der Waals surface area contributed by atoms with Crippen molar-refractivity contribution in [3.63, 3.8) is 0 Å². The van der Waals surface area contributed by atoms with Gasteiger partial charge in [-0.15, -0.1) is 6.58 Å². The Hall–Kier alpha value is -1.33. The molecule has 22 heavy (non-hydrogen) atoms. The number of fused-ring (bicyclic) bond motifs is 1. The Bertz CT molecular complexity index is 465. The van der Waals surface area contributed by atoms with Crippen LogP contribution in [0.25, 0.3) is 0 Å². The average Bonchev–Trinajstić information content (AvgIpc) is 2.56. The summed E-state index contributed by atoms with van der Waals surface area (Å²) < 4.78 is 22.5. The first kappa shape index (κ1) is 25.6. The molecular formula is C17H18CrO4. The molecule has 0 aliphatic heterocycles. The first-order valence-corrected chi connectivity index (χ1v) is 6.29. The Kier molecular flexibility index (Phi) is 18.7. The molecule has 1 aliphatic carbocycles. The second kappa shape index (κ2) is 16.1. The third-order valence-corrected chi connectivity index (χ3v) is 3.25. The van der Waals surface area contributed by atoms with Crippen molar-refractivity contribution in [1.82, 2.24) is 0 Å². The van der Waals surface area contributed by atoms with Gasteiger partial charge in [-0.25, -0.2) is 0 Å². The molecule has 1 N–H and O–H groups in total. The maximum atomic E-state index is 10.3. The zero-order valence-corrected chi connectivity index (χ0v) is 13.5. The number of unbranched alkanes of at least 4 members (excludes halogenated alkanes) is 2. The number of hydrogen-bond acceptors (Lipinski definition) is 1. The van der Waals surface area contributed by atoms with E-state index in [2.05, 4.69) is 32.6 Å². The summed E-state index contributed by atoms with van der Waals surface area (Å²) >= 11 is 0. The molecule has 1 aromatic rings.